The number of rotatable bonds is 6. The summed E-state index contributed by atoms with van der Waals surface area (Å²) in [6.07, 6.45) is 4.28. The van der Waals surface area contributed by atoms with Crippen LogP contribution in [0.3, 0.4) is 0 Å². The zero-order chi connectivity index (χ0) is 20.1. The number of nitrogens with one attached hydrogen (secondary N) is 1. The lowest BCUT2D eigenvalue weighted by molar-refractivity contribution is 0.102. The molecule has 29 heavy (non-hydrogen) atoms. The molecule has 0 radical (unpaired) electrons. The maximum absolute atomic E-state index is 12.3. The fourth-order valence-corrected chi connectivity index (χ4v) is 2.83. The van der Waals surface area contributed by atoms with Crippen LogP contribution < -0.4 is 14.8 Å². The largest absolute Gasteiger partial charge is 0.493 e. The van der Waals surface area contributed by atoms with Crippen molar-refractivity contribution >= 4 is 22.5 Å². The molecule has 144 valence electrons. The molecule has 0 spiro atoms. The van der Waals surface area contributed by atoms with E-state index in [0.717, 1.165) is 16.6 Å². The Hall–Kier alpha value is -4.00. The number of pyridine rings is 1. The van der Waals surface area contributed by atoms with Gasteiger partial charge in [0.1, 0.15) is 12.9 Å². The average molecular weight is 386 g/mol. The summed E-state index contributed by atoms with van der Waals surface area (Å²) in [5, 5.41) is 3.87. The van der Waals surface area contributed by atoms with Gasteiger partial charge >= 0.3 is 0 Å². The fourth-order valence-electron chi connectivity index (χ4n) is 2.83. The van der Waals surface area contributed by atoms with Crippen molar-refractivity contribution < 1.29 is 14.3 Å². The third-order valence-electron chi connectivity index (χ3n) is 4.28. The standard InChI is InChI=1S/C22H18N4O3/c1-28-20-9-8-17(26-22(27)16-11-23-14-24-12-16)10-21(20)29-13-18-7-6-15-4-2-3-5-19(15)25-18/h2-12,14H,13H2,1H3,(H,26,27). The van der Waals surface area contributed by atoms with Gasteiger partial charge in [0, 0.05) is 29.5 Å². The highest BCUT2D eigenvalue weighted by molar-refractivity contribution is 6.04. The Morgan fingerprint density at radius 3 is 2.66 bits per heavy atom. The first kappa shape index (κ1) is 18.4. The average Bonchev–Trinajstić information content (AvgIpc) is 2.78. The molecule has 0 saturated carbocycles. The van der Waals surface area contributed by atoms with Gasteiger partial charge in [0.15, 0.2) is 11.5 Å². The summed E-state index contributed by atoms with van der Waals surface area (Å²) in [4.78, 5) is 24.6. The Morgan fingerprint density at radius 2 is 1.83 bits per heavy atom. The molecule has 4 rings (SSSR count). The molecule has 2 aromatic carbocycles. The van der Waals surface area contributed by atoms with Gasteiger partial charge in [0.2, 0.25) is 0 Å². The molecule has 4 aromatic rings. The van der Waals surface area contributed by atoms with E-state index in [1.54, 1.807) is 25.3 Å². The first-order valence-corrected chi connectivity index (χ1v) is 8.95. The van der Waals surface area contributed by atoms with Crippen molar-refractivity contribution in [3.05, 3.63) is 84.6 Å². The third kappa shape index (κ3) is 4.30. The maximum Gasteiger partial charge on any atom is 0.258 e. The summed E-state index contributed by atoms with van der Waals surface area (Å²) in [6, 6.07) is 17.0. The molecule has 0 aliphatic rings. The number of hydrogen-bond donors (Lipinski definition) is 1. The molecular weight excluding hydrogens is 368 g/mol. The third-order valence-corrected chi connectivity index (χ3v) is 4.28. The number of hydrogen-bond acceptors (Lipinski definition) is 6. The minimum Gasteiger partial charge on any atom is -0.493 e. The smallest absolute Gasteiger partial charge is 0.258 e. The van der Waals surface area contributed by atoms with E-state index in [1.807, 2.05) is 36.4 Å². The Bertz CT molecular complexity index is 1150. The van der Waals surface area contributed by atoms with Crippen molar-refractivity contribution in [2.24, 2.45) is 0 Å². The van der Waals surface area contributed by atoms with Crippen LogP contribution in [0.5, 0.6) is 11.5 Å². The van der Waals surface area contributed by atoms with Crippen molar-refractivity contribution in [1.82, 2.24) is 15.0 Å². The van der Waals surface area contributed by atoms with Gasteiger partial charge < -0.3 is 14.8 Å². The summed E-state index contributed by atoms with van der Waals surface area (Å²) in [6.45, 7) is 0.269. The highest BCUT2D eigenvalue weighted by Crippen LogP contribution is 2.31. The molecule has 0 fully saturated rings. The molecule has 2 aromatic heterocycles. The van der Waals surface area contributed by atoms with E-state index in [-0.39, 0.29) is 12.5 Å². The summed E-state index contributed by atoms with van der Waals surface area (Å²) in [5.41, 5.74) is 2.64. The van der Waals surface area contributed by atoms with E-state index in [0.29, 0.717) is 22.7 Å². The monoisotopic (exact) mass is 386 g/mol. The number of aromatic nitrogens is 3. The Labute approximate surface area is 167 Å². The summed E-state index contributed by atoms with van der Waals surface area (Å²) < 4.78 is 11.3. The topological polar surface area (TPSA) is 86.2 Å². The van der Waals surface area contributed by atoms with E-state index >= 15 is 0 Å². The molecule has 0 bridgehead atoms. The van der Waals surface area contributed by atoms with Crippen LogP contribution in [0.15, 0.2) is 73.3 Å². The second-order valence-electron chi connectivity index (χ2n) is 6.23. The molecule has 1 amide bonds. The molecule has 0 saturated heterocycles. The van der Waals surface area contributed by atoms with Crippen LogP contribution in [0.4, 0.5) is 5.69 Å². The van der Waals surface area contributed by atoms with E-state index in [2.05, 4.69) is 20.3 Å². The van der Waals surface area contributed by atoms with Crippen LogP contribution in [0.2, 0.25) is 0 Å². The van der Waals surface area contributed by atoms with Crippen molar-refractivity contribution in [1.29, 1.82) is 0 Å². The number of fused-ring (bicyclic) bond motifs is 1. The number of amides is 1. The predicted molar refractivity (Wildman–Crippen MR) is 109 cm³/mol. The van der Waals surface area contributed by atoms with Gasteiger partial charge in [-0.05, 0) is 24.3 Å². The van der Waals surface area contributed by atoms with Crippen molar-refractivity contribution in [2.45, 2.75) is 6.61 Å². The van der Waals surface area contributed by atoms with Crippen LogP contribution >= 0.6 is 0 Å². The molecule has 7 heteroatoms. The summed E-state index contributed by atoms with van der Waals surface area (Å²) in [7, 11) is 1.57. The number of ether oxygens (including phenoxy) is 2. The molecule has 7 nitrogen and oxygen atoms in total. The quantitative estimate of drug-likeness (QED) is 0.541. The minimum absolute atomic E-state index is 0.269. The number of methoxy groups -OCH3 is 1. The van der Waals surface area contributed by atoms with Crippen LogP contribution in [-0.2, 0) is 6.61 Å². The van der Waals surface area contributed by atoms with Gasteiger partial charge in [-0.15, -0.1) is 0 Å². The van der Waals surface area contributed by atoms with Crippen LogP contribution in [0.1, 0.15) is 16.1 Å². The van der Waals surface area contributed by atoms with Crippen molar-refractivity contribution in [3.8, 4) is 11.5 Å². The number of anilines is 1. The lowest BCUT2D eigenvalue weighted by Gasteiger charge is -2.13. The zero-order valence-corrected chi connectivity index (χ0v) is 15.7. The van der Waals surface area contributed by atoms with E-state index < -0.39 is 0 Å². The SMILES string of the molecule is COc1ccc(NC(=O)c2cncnc2)cc1OCc1ccc2ccccc2n1. The number of carbonyl (C=O) groups is 1. The fraction of sp³-hybridized carbons (Fsp3) is 0.0909. The Balaban J connectivity index is 1.51. The van der Waals surface area contributed by atoms with Gasteiger partial charge in [-0.1, -0.05) is 24.3 Å². The molecule has 0 aliphatic heterocycles. The normalized spacial score (nSPS) is 10.5. The van der Waals surface area contributed by atoms with Crippen molar-refractivity contribution in [2.75, 3.05) is 12.4 Å². The van der Waals surface area contributed by atoms with Crippen LogP contribution in [0.25, 0.3) is 10.9 Å². The Morgan fingerprint density at radius 1 is 1.00 bits per heavy atom. The van der Waals surface area contributed by atoms with Crippen molar-refractivity contribution in [3.63, 3.8) is 0 Å². The van der Waals surface area contributed by atoms with Gasteiger partial charge in [-0.3, -0.25) is 4.79 Å². The van der Waals surface area contributed by atoms with Gasteiger partial charge in [-0.2, -0.15) is 0 Å². The highest BCUT2D eigenvalue weighted by atomic mass is 16.5. The van der Waals surface area contributed by atoms with Gasteiger partial charge in [0.05, 0.1) is 23.9 Å². The van der Waals surface area contributed by atoms with E-state index in [9.17, 15) is 4.79 Å². The lowest BCUT2D eigenvalue weighted by atomic mass is 10.2. The van der Waals surface area contributed by atoms with E-state index in [4.69, 9.17) is 9.47 Å². The molecule has 2 heterocycles. The second kappa shape index (κ2) is 8.35. The van der Waals surface area contributed by atoms with Gasteiger partial charge in [0.25, 0.3) is 5.91 Å². The van der Waals surface area contributed by atoms with Crippen LogP contribution in [0, 0.1) is 0 Å². The molecule has 1 N–H and O–H groups in total. The first-order chi connectivity index (χ1) is 14.2. The highest BCUT2D eigenvalue weighted by Gasteiger charge is 2.11. The summed E-state index contributed by atoms with van der Waals surface area (Å²) >= 11 is 0. The molecule has 0 aliphatic carbocycles. The lowest BCUT2D eigenvalue weighted by Crippen LogP contribution is -2.12. The number of benzene rings is 2. The Kier molecular flexibility index (Phi) is 5.29. The van der Waals surface area contributed by atoms with Crippen LogP contribution in [-0.4, -0.2) is 28.0 Å². The molecule has 0 atom stereocenters. The van der Waals surface area contributed by atoms with E-state index in [1.165, 1.54) is 18.7 Å². The molecular formula is C22H18N4O3. The number of carbonyl (C=O) groups excluding carboxylic acids is 1. The molecule has 0 unspecified atom stereocenters. The number of para-hydroxylation sites is 1. The van der Waals surface area contributed by atoms with Gasteiger partial charge in [-0.25, -0.2) is 15.0 Å². The predicted octanol–water partition coefficient (Wildman–Crippen LogP) is 3.86. The summed E-state index contributed by atoms with van der Waals surface area (Å²) in [5.74, 6) is 0.759. The second-order valence-corrected chi connectivity index (χ2v) is 6.23. The zero-order valence-electron chi connectivity index (χ0n) is 15.7. The minimum atomic E-state index is -0.307. The first-order valence-electron chi connectivity index (χ1n) is 8.95. The maximum atomic E-state index is 12.3. The number of nitrogens with zero attached hydrogens (tertiary/aromatic N) is 3.